The van der Waals surface area contributed by atoms with Gasteiger partial charge in [0, 0.05) is 27.9 Å². The van der Waals surface area contributed by atoms with E-state index in [1.54, 1.807) is 31.4 Å². The Balaban J connectivity index is 1.76. The predicted molar refractivity (Wildman–Crippen MR) is 121 cm³/mol. The molecule has 0 aromatic heterocycles. The summed E-state index contributed by atoms with van der Waals surface area (Å²) in [7, 11) is 3.20. The van der Waals surface area contributed by atoms with Gasteiger partial charge in [-0.15, -0.1) is 0 Å². The first-order chi connectivity index (χ1) is 15.7. The van der Waals surface area contributed by atoms with Crippen LogP contribution in [-0.4, -0.2) is 40.2 Å². The number of benzene rings is 2. The van der Waals surface area contributed by atoms with Crippen LogP contribution in [0, 0.1) is 0 Å². The van der Waals surface area contributed by atoms with E-state index in [2.05, 4.69) is 10.6 Å². The summed E-state index contributed by atoms with van der Waals surface area (Å²) in [6.45, 7) is -0.597. The Kier molecular flexibility index (Phi) is 8.14. The molecule has 0 aliphatic heterocycles. The molecule has 2 rings (SSSR count). The molecule has 7 nitrogen and oxygen atoms in total. The van der Waals surface area contributed by atoms with E-state index in [0.29, 0.717) is 36.7 Å². The molecule has 0 saturated heterocycles. The SMILES string of the molecule is [2H]C([2H])([2H])NCCCCCCNC(=O)c1ccc(N(N)Cc2ccc(OC)cc2OC)cc1. The lowest BCUT2D eigenvalue weighted by atomic mass is 10.1. The van der Waals surface area contributed by atoms with Crippen molar-refractivity contribution in [1.29, 1.82) is 0 Å². The van der Waals surface area contributed by atoms with Gasteiger partial charge in [0.05, 0.1) is 26.5 Å². The topological polar surface area (TPSA) is 88.9 Å². The van der Waals surface area contributed by atoms with Gasteiger partial charge in [0.25, 0.3) is 5.91 Å². The normalized spacial score (nSPS) is 12.4. The number of hydrazine groups is 1. The second kappa shape index (κ2) is 12.7. The smallest absolute Gasteiger partial charge is 0.251 e. The van der Waals surface area contributed by atoms with Crippen molar-refractivity contribution in [3.63, 3.8) is 0 Å². The van der Waals surface area contributed by atoms with Crippen molar-refractivity contribution in [3.8, 4) is 11.5 Å². The zero-order valence-corrected chi connectivity index (χ0v) is 17.7. The Hall–Kier alpha value is -2.77. The minimum absolute atomic E-state index is 0.133. The number of nitrogens with two attached hydrogens (primary N) is 1. The highest BCUT2D eigenvalue weighted by atomic mass is 16.5. The molecule has 0 fully saturated rings. The molecule has 0 aliphatic carbocycles. The fraction of sp³-hybridized carbons (Fsp3) is 0.435. The molecular weight excluding hydrogens is 380 g/mol. The van der Waals surface area contributed by atoms with Gasteiger partial charge in [0.15, 0.2) is 0 Å². The number of hydrogen-bond donors (Lipinski definition) is 3. The van der Waals surface area contributed by atoms with Gasteiger partial charge in [-0.3, -0.25) is 4.79 Å². The van der Waals surface area contributed by atoms with Gasteiger partial charge in [0.1, 0.15) is 11.5 Å². The lowest BCUT2D eigenvalue weighted by molar-refractivity contribution is 0.0953. The molecule has 0 saturated carbocycles. The first kappa shape index (κ1) is 19.2. The maximum atomic E-state index is 12.3. The van der Waals surface area contributed by atoms with Crippen LogP contribution in [0.2, 0.25) is 0 Å². The van der Waals surface area contributed by atoms with Crippen molar-refractivity contribution in [2.24, 2.45) is 5.84 Å². The van der Waals surface area contributed by atoms with Crippen molar-refractivity contribution in [2.75, 3.05) is 39.3 Å². The van der Waals surface area contributed by atoms with Crippen molar-refractivity contribution in [3.05, 3.63) is 53.6 Å². The first-order valence-electron chi connectivity index (χ1n) is 11.6. The molecule has 164 valence electrons. The van der Waals surface area contributed by atoms with Gasteiger partial charge in [-0.1, -0.05) is 12.8 Å². The second-order valence-electron chi connectivity index (χ2n) is 6.95. The van der Waals surface area contributed by atoms with Gasteiger partial charge in [-0.2, -0.15) is 0 Å². The van der Waals surface area contributed by atoms with E-state index in [0.717, 1.165) is 36.9 Å². The number of hydrogen-bond acceptors (Lipinski definition) is 6. The number of rotatable bonds is 13. The van der Waals surface area contributed by atoms with Crippen LogP contribution in [0.25, 0.3) is 0 Å². The van der Waals surface area contributed by atoms with Crippen LogP contribution < -0.4 is 31.0 Å². The average Bonchev–Trinajstić information content (AvgIpc) is 2.80. The molecule has 0 atom stereocenters. The zero-order valence-electron chi connectivity index (χ0n) is 20.7. The summed E-state index contributed by atoms with van der Waals surface area (Å²) in [5.41, 5.74) is 2.25. The number of nitrogens with zero attached hydrogens (tertiary/aromatic N) is 1. The maximum Gasteiger partial charge on any atom is 0.251 e. The highest BCUT2D eigenvalue weighted by Gasteiger charge is 2.11. The molecule has 2 aromatic rings. The molecule has 7 heteroatoms. The summed E-state index contributed by atoms with van der Waals surface area (Å²) in [6.07, 6.45) is 3.49. The Bertz CT molecular complexity index is 876. The fourth-order valence-corrected chi connectivity index (χ4v) is 3.06. The zero-order chi connectivity index (χ0) is 24.3. The third-order valence-corrected chi connectivity index (χ3v) is 4.81. The van der Waals surface area contributed by atoms with E-state index in [9.17, 15) is 4.79 Å². The lowest BCUT2D eigenvalue weighted by Gasteiger charge is -2.20. The van der Waals surface area contributed by atoms with E-state index in [4.69, 9.17) is 19.4 Å². The third-order valence-electron chi connectivity index (χ3n) is 4.81. The Morgan fingerprint density at radius 2 is 1.77 bits per heavy atom. The van der Waals surface area contributed by atoms with Crippen LogP contribution in [0.5, 0.6) is 11.5 Å². The Labute approximate surface area is 183 Å². The van der Waals surface area contributed by atoms with Crippen LogP contribution in [-0.2, 0) is 6.54 Å². The number of methoxy groups -OCH3 is 2. The van der Waals surface area contributed by atoms with Gasteiger partial charge in [-0.25, -0.2) is 5.84 Å². The molecule has 0 heterocycles. The number of carbonyl (C=O) groups is 1. The largest absolute Gasteiger partial charge is 0.497 e. The molecule has 0 spiro atoms. The Morgan fingerprint density at radius 1 is 1.03 bits per heavy atom. The minimum atomic E-state index is -2.08. The van der Waals surface area contributed by atoms with Crippen LogP contribution >= 0.6 is 0 Å². The van der Waals surface area contributed by atoms with Crippen LogP contribution in [0.4, 0.5) is 5.69 Å². The van der Waals surface area contributed by atoms with E-state index in [-0.39, 0.29) is 5.91 Å². The number of amides is 1. The summed E-state index contributed by atoms with van der Waals surface area (Å²) in [5, 5.41) is 7.00. The molecule has 0 bridgehead atoms. The number of anilines is 1. The molecule has 4 N–H and O–H groups in total. The van der Waals surface area contributed by atoms with Gasteiger partial charge >= 0.3 is 0 Å². The number of unbranched alkanes of at least 4 members (excludes halogenated alkanes) is 3. The van der Waals surface area contributed by atoms with Crippen LogP contribution in [0.15, 0.2) is 42.5 Å². The Morgan fingerprint density at radius 3 is 2.43 bits per heavy atom. The number of carbonyl (C=O) groups excluding carboxylic acids is 1. The molecule has 1 amide bonds. The maximum absolute atomic E-state index is 12.3. The van der Waals surface area contributed by atoms with E-state index in [1.165, 1.54) is 0 Å². The quantitative estimate of drug-likeness (QED) is 0.264. The van der Waals surface area contributed by atoms with Gasteiger partial charge < -0.3 is 25.1 Å². The van der Waals surface area contributed by atoms with E-state index < -0.39 is 6.98 Å². The summed E-state index contributed by atoms with van der Waals surface area (Å²) < 4.78 is 31.9. The van der Waals surface area contributed by atoms with Crippen molar-refractivity contribution >= 4 is 11.6 Å². The highest BCUT2D eigenvalue weighted by molar-refractivity contribution is 5.94. The van der Waals surface area contributed by atoms with Crippen LogP contribution in [0.1, 0.15) is 45.7 Å². The summed E-state index contributed by atoms with van der Waals surface area (Å²) in [5.74, 6) is 7.49. The standard InChI is InChI=1S/C23H34N4O3/c1-25-14-6-4-5-7-15-26-23(28)18-8-11-20(12-9-18)27(24)17-19-10-13-21(29-2)16-22(19)30-3/h8-13,16,25H,4-7,14-15,17,24H2,1-3H3,(H,26,28)/i1D3. The molecule has 2 aromatic carbocycles. The molecular formula is C23H34N4O3. The lowest BCUT2D eigenvalue weighted by Crippen LogP contribution is -2.30. The van der Waals surface area contributed by atoms with Crippen LogP contribution in [0.3, 0.4) is 0 Å². The molecule has 0 aliphatic rings. The van der Waals surface area contributed by atoms with Gasteiger partial charge in [-0.05, 0) is 62.8 Å². The van der Waals surface area contributed by atoms with Crippen molar-refractivity contribution in [2.45, 2.75) is 32.2 Å². The van der Waals surface area contributed by atoms with E-state index >= 15 is 0 Å². The average molecular weight is 418 g/mol. The fourth-order valence-electron chi connectivity index (χ4n) is 3.06. The number of nitrogens with one attached hydrogen (secondary N) is 2. The third kappa shape index (κ3) is 7.24. The van der Waals surface area contributed by atoms with Crippen molar-refractivity contribution in [1.82, 2.24) is 10.6 Å². The first-order valence-corrected chi connectivity index (χ1v) is 10.1. The second-order valence-corrected chi connectivity index (χ2v) is 6.95. The summed E-state index contributed by atoms with van der Waals surface area (Å²) in [4.78, 5) is 12.3. The molecule has 30 heavy (non-hydrogen) atoms. The molecule has 0 radical (unpaired) electrons. The van der Waals surface area contributed by atoms with Crippen molar-refractivity contribution < 1.29 is 18.4 Å². The predicted octanol–water partition coefficient (Wildman–Crippen LogP) is 3.09. The number of ether oxygens (including phenoxy) is 2. The monoisotopic (exact) mass is 417 g/mol. The minimum Gasteiger partial charge on any atom is -0.497 e. The van der Waals surface area contributed by atoms with Gasteiger partial charge in [0.2, 0.25) is 0 Å². The van der Waals surface area contributed by atoms with E-state index in [1.807, 2.05) is 30.3 Å². The highest BCUT2D eigenvalue weighted by Crippen LogP contribution is 2.26. The molecule has 0 unspecified atom stereocenters. The summed E-state index contributed by atoms with van der Waals surface area (Å²) >= 11 is 0. The summed E-state index contributed by atoms with van der Waals surface area (Å²) in [6, 6.07) is 12.7.